The zero-order valence-corrected chi connectivity index (χ0v) is 17.4. The summed E-state index contributed by atoms with van der Waals surface area (Å²) in [4.78, 5) is 17.1. The molecule has 0 aliphatic carbocycles. The first kappa shape index (κ1) is 23.3. The number of amides is 1. The number of fused-ring (bicyclic) bond motifs is 1. The maximum absolute atomic E-state index is 12.7. The van der Waals surface area contributed by atoms with Gasteiger partial charge in [-0.05, 0) is 44.1 Å². The maximum atomic E-state index is 12.7. The average Bonchev–Trinajstić information content (AvgIpc) is 2.83. The minimum Gasteiger partial charge on any atom is -0.365 e. The molecule has 0 fully saturated rings. The van der Waals surface area contributed by atoms with E-state index in [1.54, 1.807) is 0 Å². The number of rotatable bonds is 6. The van der Waals surface area contributed by atoms with E-state index in [9.17, 15) is 4.79 Å². The predicted molar refractivity (Wildman–Crippen MR) is 119 cm³/mol. The van der Waals surface area contributed by atoms with Crippen molar-refractivity contribution in [3.05, 3.63) is 60.2 Å². The van der Waals surface area contributed by atoms with E-state index >= 15 is 0 Å². The molecular formula is C21H29Cl2N3O. The number of carbonyl (C=O) groups is 1. The number of carbonyl (C=O) groups excluding carboxylic acids is 1. The molecule has 0 saturated heterocycles. The number of nitrogens with zero attached hydrogens (tertiary/aromatic N) is 2. The summed E-state index contributed by atoms with van der Waals surface area (Å²) in [7, 11) is 1.92. The molecule has 27 heavy (non-hydrogen) atoms. The molecule has 2 aromatic carbocycles. The van der Waals surface area contributed by atoms with Crippen LogP contribution in [0.25, 0.3) is 0 Å². The second kappa shape index (κ2) is 11.9. The van der Waals surface area contributed by atoms with Crippen LogP contribution in [-0.2, 0) is 11.3 Å². The van der Waals surface area contributed by atoms with Crippen molar-refractivity contribution >= 4 is 42.1 Å². The van der Waals surface area contributed by atoms with E-state index in [-0.39, 0.29) is 30.7 Å². The van der Waals surface area contributed by atoms with Crippen LogP contribution in [0.5, 0.6) is 0 Å². The van der Waals surface area contributed by atoms with Crippen molar-refractivity contribution in [1.82, 2.24) is 5.32 Å². The topological polar surface area (TPSA) is 35.6 Å². The van der Waals surface area contributed by atoms with Gasteiger partial charge in [-0.2, -0.15) is 0 Å². The Balaban J connectivity index is 0.00000182. The minimum absolute atomic E-state index is 0. The van der Waals surface area contributed by atoms with E-state index in [0.717, 1.165) is 50.4 Å². The van der Waals surface area contributed by atoms with Gasteiger partial charge in [0.05, 0.1) is 11.4 Å². The molecule has 4 nitrogen and oxygen atoms in total. The van der Waals surface area contributed by atoms with Gasteiger partial charge in [0.15, 0.2) is 0 Å². The molecule has 0 saturated carbocycles. The molecule has 148 valence electrons. The molecule has 0 bridgehead atoms. The minimum atomic E-state index is 0. The lowest BCUT2D eigenvalue weighted by Gasteiger charge is -2.27. The molecule has 1 aliphatic heterocycles. The Morgan fingerprint density at radius 3 is 2.33 bits per heavy atom. The Morgan fingerprint density at radius 2 is 1.63 bits per heavy atom. The molecule has 1 heterocycles. The van der Waals surface area contributed by atoms with E-state index in [2.05, 4.69) is 52.7 Å². The number of halogens is 2. The predicted octanol–water partition coefficient (Wildman–Crippen LogP) is 4.27. The van der Waals surface area contributed by atoms with E-state index in [1.165, 1.54) is 5.56 Å². The van der Waals surface area contributed by atoms with Crippen LogP contribution in [0.1, 0.15) is 24.8 Å². The SMILES string of the molecule is CNCCCC(=O)N1CCCN(Cc2ccccc2)c2ccccc21.Cl.Cl. The van der Waals surface area contributed by atoms with Crippen LogP contribution < -0.4 is 15.1 Å². The summed E-state index contributed by atoms with van der Waals surface area (Å²) in [6.07, 6.45) is 2.45. The van der Waals surface area contributed by atoms with Crippen molar-refractivity contribution < 1.29 is 4.79 Å². The van der Waals surface area contributed by atoms with Gasteiger partial charge in [0.2, 0.25) is 5.91 Å². The molecule has 0 radical (unpaired) electrons. The van der Waals surface area contributed by atoms with Crippen LogP contribution in [-0.4, -0.2) is 32.6 Å². The molecule has 1 amide bonds. The number of nitrogens with one attached hydrogen (secondary N) is 1. The highest BCUT2D eigenvalue weighted by atomic mass is 35.5. The third-order valence-electron chi connectivity index (χ3n) is 4.66. The van der Waals surface area contributed by atoms with Gasteiger partial charge < -0.3 is 15.1 Å². The molecule has 3 rings (SSSR count). The number of hydrogen-bond donors (Lipinski definition) is 1. The van der Waals surface area contributed by atoms with Crippen molar-refractivity contribution in [3.8, 4) is 0 Å². The number of hydrogen-bond acceptors (Lipinski definition) is 3. The van der Waals surface area contributed by atoms with Gasteiger partial charge >= 0.3 is 0 Å². The summed E-state index contributed by atoms with van der Waals surface area (Å²) in [5, 5.41) is 3.11. The lowest BCUT2D eigenvalue weighted by molar-refractivity contribution is -0.118. The van der Waals surface area contributed by atoms with Crippen molar-refractivity contribution in [3.63, 3.8) is 0 Å². The van der Waals surface area contributed by atoms with Gasteiger partial charge in [0, 0.05) is 26.1 Å². The zero-order valence-electron chi connectivity index (χ0n) is 15.8. The molecule has 2 aromatic rings. The van der Waals surface area contributed by atoms with Crippen molar-refractivity contribution in [2.75, 3.05) is 36.5 Å². The van der Waals surface area contributed by atoms with Crippen molar-refractivity contribution in [2.45, 2.75) is 25.8 Å². The summed E-state index contributed by atoms with van der Waals surface area (Å²) in [5.74, 6) is 0.226. The lowest BCUT2D eigenvalue weighted by Crippen LogP contribution is -2.31. The Bertz CT molecular complexity index is 697. The highest BCUT2D eigenvalue weighted by Gasteiger charge is 2.24. The molecule has 6 heteroatoms. The second-order valence-corrected chi connectivity index (χ2v) is 6.50. The van der Waals surface area contributed by atoms with Crippen molar-refractivity contribution in [1.29, 1.82) is 0 Å². The standard InChI is InChI=1S/C21H27N3O.2ClH/c1-22-14-7-13-21(25)24-16-8-15-23(17-18-9-3-2-4-10-18)19-11-5-6-12-20(19)24;;/h2-6,9-12,22H,7-8,13-17H2,1H3;2*1H. The van der Waals surface area contributed by atoms with Crippen LogP contribution in [0.4, 0.5) is 11.4 Å². The average molecular weight is 410 g/mol. The van der Waals surface area contributed by atoms with Gasteiger partial charge in [-0.3, -0.25) is 4.79 Å². The molecule has 1 aliphatic rings. The highest BCUT2D eigenvalue weighted by Crippen LogP contribution is 2.33. The smallest absolute Gasteiger partial charge is 0.227 e. The summed E-state index contributed by atoms with van der Waals surface area (Å²) in [6.45, 7) is 3.51. The summed E-state index contributed by atoms with van der Waals surface area (Å²) < 4.78 is 0. The Labute approximate surface area is 174 Å². The molecular weight excluding hydrogens is 381 g/mol. The Kier molecular flexibility index (Phi) is 10.2. The second-order valence-electron chi connectivity index (χ2n) is 6.50. The normalized spacial score (nSPS) is 13.1. The zero-order chi connectivity index (χ0) is 17.5. The quantitative estimate of drug-likeness (QED) is 0.723. The van der Waals surface area contributed by atoms with Crippen LogP contribution in [0, 0.1) is 0 Å². The number of para-hydroxylation sites is 2. The Morgan fingerprint density at radius 1 is 0.963 bits per heavy atom. The van der Waals surface area contributed by atoms with Gasteiger partial charge in [-0.25, -0.2) is 0 Å². The fourth-order valence-electron chi connectivity index (χ4n) is 3.40. The van der Waals surface area contributed by atoms with Gasteiger partial charge in [-0.1, -0.05) is 42.5 Å². The van der Waals surface area contributed by atoms with Crippen molar-refractivity contribution in [2.24, 2.45) is 0 Å². The van der Waals surface area contributed by atoms with Gasteiger partial charge in [0.25, 0.3) is 0 Å². The van der Waals surface area contributed by atoms with E-state index in [1.807, 2.05) is 24.1 Å². The fourth-order valence-corrected chi connectivity index (χ4v) is 3.40. The molecule has 0 aromatic heterocycles. The molecule has 0 unspecified atom stereocenters. The maximum Gasteiger partial charge on any atom is 0.227 e. The first-order chi connectivity index (χ1) is 12.3. The van der Waals surface area contributed by atoms with Gasteiger partial charge in [0.1, 0.15) is 0 Å². The summed E-state index contributed by atoms with van der Waals surface area (Å²) in [6, 6.07) is 18.8. The summed E-state index contributed by atoms with van der Waals surface area (Å²) >= 11 is 0. The first-order valence-electron chi connectivity index (χ1n) is 9.12. The molecule has 1 N–H and O–H groups in total. The Hall–Kier alpha value is -1.75. The molecule has 0 spiro atoms. The van der Waals surface area contributed by atoms with E-state index in [4.69, 9.17) is 0 Å². The van der Waals surface area contributed by atoms with E-state index in [0.29, 0.717) is 6.42 Å². The number of benzene rings is 2. The van der Waals surface area contributed by atoms with Crippen LogP contribution in [0.2, 0.25) is 0 Å². The lowest BCUT2D eigenvalue weighted by atomic mass is 10.1. The van der Waals surface area contributed by atoms with Gasteiger partial charge in [-0.15, -0.1) is 24.8 Å². The molecule has 0 atom stereocenters. The summed E-state index contributed by atoms with van der Waals surface area (Å²) in [5.41, 5.74) is 3.50. The first-order valence-corrected chi connectivity index (χ1v) is 9.12. The highest BCUT2D eigenvalue weighted by molar-refractivity contribution is 5.97. The van der Waals surface area contributed by atoms with E-state index < -0.39 is 0 Å². The van der Waals surface area contributed by atoms with Crippen LogP contribution in [0.15, 0.2) is 54.6 Å². The number of anilines is 2. The monoisotopic (exact) mass is 409 g/mol. The fraction of sp³-hybridized carbons (Fsp3) is 0.381. The third-order valence-corrected chi connectivity index (χ3v) is 4.66. The van der Waals surface area contributed by atoms with Crippen LogP contribution >= 0.6 is 24.8 Å². The third kappa shape index (κ3) is 6.13. The largest absolute Gasteiger partial charge is 0.365 e. The van der Waals surface area contributed by atoms with Crippen LogP contribution in [0.3, 0.4) is 0 Å².